The van der Waals surface area contributed by atoms with Crippen molar-refractivity contribution in [3.63, 3.8) is 0 Å². The Labute approximate surface area is 357 Å². The van der Waals surface area contributed by atoms with Crippen LogP contribution in [0.25, 0.3) is 11.2 Å². The van der Waals surface area contributed by atoms with E-state index in [0.717, 1.165) is 22.4 Å². The summed E-state index contributed by atoms with van der Waals surface area (Å²) in [6.45, 7) is 8.40. The Bertz CT molecular complexity index is 2220. The average molecular weight is 856 g/mol. The Morgan fingerprint density at radius 3 is 1.97 bits per heavy atom. The lowest BCUT2D eigenvalue weighted by Crippen LogP contribution is -2.46. The maximum Gasteiger partial charge on any atom is 0.262 e. The van der Waals surface area contributed by atoms with E-state index in [-0.39, 0.29) is 24.0 Å². The molecular weight excluding hydrogens is 806 g/mol. The normalized spacial score (nSPS) is 17.8. The average Bonchev–Trinajstić information content (AvgIpc) is 3.69. The Kier molecular flexibility index (Phi) is 14.0. The summed E-state index contributed by atoms with van der Waals surface area (Å²) in [5, 5.41) is 1.81. The van der Waals surface area contributed by atoms with Gasteiger partial charge in [-0.15, -0.1) is 0 Å². The summed E-state index contributed by atoms with van der Waals surface area (Å²) >= 11 is 12.7. The van der Waals surface area contributed by atoms with Crippen molar-refractivity contribution in [1.29, 1.82) is 0 Å². The Morgan fingerprint density at radius 2 is 1.39 bits per heavy atom. The molecule has 0 aliphatic heterocycles. The highest BCUT2D eigenvalue weighted by Gasteiger charge is 2.46. The van der Waals surface area contributed by atoms with Gasteiger partial charge in [-0.05, 0) is 87.9 Å². The minimum absolute atomic E-state index is 0.0535. The lowest BCUT2D eigenvalue weighted by Gasteiger charge is -2.45. The van der Waals surface area contributed by atoms with E-state index in [1.807, 2.05) is 71.3 Å². The molecule has 1 unspecified atom stereocenters. The minimum atomic E-state index is -1.78. The molecule has 14 heteroatoms. The number of aromatic nitrogens is 4. The van der Waals surface area contributed by atoms with Crippen molar-refractivity contribution in [3.05, 3.63) is 150 Å². The molecule has 0 bridgehead atoms. The molecular formula is C45H49Cl2N6O5P. The van der Waals surface area contributed by atoms with Gasteiger partial charge in [-0.3, -0.25) is 9.32 Å². The van der Waals surface area contributed by atoms with Crippen molar-refractivity contribution in [3.8, 4) is 5.75 Å². The molecule has 4 atom stereocenters. The zero-order chi connectivity index (χ0) is 41.5. The number of ether oxygens (including phenoxy) is 2. The molecule has 0 spiro atoms. The smallest absolute Gasteiger partial charge is 0.262 e. The minimum Gasteiger partial charge on any atom is -0.497 e. The Morgan fingerprint density at radius 1 is 0.797 bits per heavy atom. The third kappa shape index (κ3) is 9.48. The van der Waals surface area contributed by atoms with E-state index in [1.54, 1.807) is 25.6 Å². The molecule has 0 radical (unpaired) electrons. The van der Waals surface area contributed by atoms with Gasteiger partial charge in [0.1, 0.15) is 17.7 Å². The van der Waals surface area contributed by atoms with Crippen LogP contribution in [0.15, 0.2) is 128 Å². The van der Waals surface area contributed by atoms with Gasteiger partial charge in [-0.2, -0.15) is 0 Å². The van der Waals surface area contributed by atoms with Crippen LogP contribution in [0.2, 0.25) is 0 Å². The van der Waals surface area contributed by atoms with Crippen molar-refractivity contribution in [1.82, 2.24) is 24.2 Å². The zero-order valence-corrected chi connectivity index (χ0v) is 36.1. The highest BCUT2D eigenvalue weighted by Crippen LogP contribution is 2.53. The number of anilines is 1. The summed E-state index contributed by atoms with van der Waals surface area (Å²) in [5.74, 6) is 0.791. The van der Waals surface area contributed by atoms with Crippen molar-refractivity contribution >= 4 is 54.6 Å². The number of carbonyl (C=O) groups excluding carboxylic acids is 1. The highest BCUT2D eigenvalue weighted by atomic mass is 35.5. The monoisotopic (exact) mass is 854 g/mol. The zero-order valence-electron chi connectivity index (χ0n) is 33.7. The molecule has 6 aromatic rings. The summed E-state index contributed by atoms with van der Waals surface area (Å²) < 4.78 is 30.9. The molecule has 7 rings (SSSR count). The summed E-state index contributed by atoms with van der Waals surface area (Å²) in [6, 6.07) is 37.6. The fraction of sp³-hybridized carbons (Fsp3) is 0.333. The molecule has 1 aliphatic rings. The van der Waals surface area contributed by atoms with Gasteiger partial charge in [0.05, 0.1) is 25.6 Å². The fourth-order valence-electron chi connectivity index (χ4n) is 7.95. The standard InChI is InChI=1S/C45H49Cl2N6O5P/c1-30(2)53(31(3)4)59(58-44(46)47)57-39-27-36(52-29-50-40-41(48-28-49-42(40)52)51-43(54)32-15-9-6-10-16-32)23-26-38(39)56-45(33-17-11-7-12-18-33,34-19-13-8-14-20-34)35-21-24-37(55-5)25-22-35/h6-22,24-25,28-31,36,38-39,44H,23,26-27H2,1-5H3,(H,48,49,51,54)/t36-,38-,39+,59?/m1/s1. The number of nitrogens with one attached hydrogen (secondary N) is 1. The number of benzene rings is 4. The van der Waals surface area contributed by atoms with Crippen LogP contribution in [0.3, 0.4) is 0 Å². The lowest BCUT2D eigenvalue weighted by molar-refractivity contribution is -0.117. The number of halogens is 2. The number of nitrogens with zero attached hydrogens (tertiary/aromatic N) is 5. The number of amides is 1. The molecule has 2 heterocycles. The lowest BCUT2D eigenvalue weighted by atomic mass is 9.79. The summed E-state index contributed by atoms with van der Waals surface area (Å²) in [4.78, 5) is 26.9. The molecule has 0 saturated heterocycles. The first-order chi connectivity index (χ1) is 28.6. The maximum absolute atomic E-state index is 13.2. The number of hydrogen-bond acceptors (Lipinski definition) is 9. The Balaban J connectivity index is 1.31. The number of alkyl halides is 2. The largest absolute Gasteiger partial charge is 0.497 e. The molecule has 2 aromatic heterocycles. The predicted octanol–water partition coefficient (Wildman–Crippen LogP) is 10.7. The van der Waals surface area contributed by atoms with E-state index in [2.05, 4.69) is 84.0 Å². The van der Waals surface area contributed by atoms with Gasteiger partial charge in [-0.25, -0.2) is 19.6 Å². The van der Waals surface area contributed by atoms with E-state index >= 15 is 0 Å². The molecule has 1 amide bonds. The van der Waals surface area contributed by atoms with Crippen LogP contribution in [0.4, 0.5) is 5.82 Å². The number of rotatable bonds is 16. The quantitative estimate of drug-likeness (QED) is 0.0577. The molecule has 4 aromatic carbocycles. The number of hydrogen-bond donors (Lipinski definition) is 1. The van der Waals surface area contributed by atoms with Crippen LogP contribution in [0.1, 0.15) is 80.0 Å². The van der Waals surface area contributed by atoms with E-state index < -0.39 is 31.4 Å². The first kappa shape index (κ1) is 42.7. The van der Waals surface area contributed by atoms with Crippen LogP contribution < -0.4 is 10.1 Å². The number of methoxy groups -OCH3 is 1. The maximum atomic E-state index is 13.2. The van der Waals surface area contributed by atoms with Crippen LogP contribution in [0, 0.1) is 0 Å². The predicted molar refractivity (Wildman–Crippen MR) is 234 cm³/mol. The van der Waals surface area contributed by atoms with E-state index in [9.17, 15) is 4.79 Å². The molecule has 308 valence electrons. The van der Waals surface area contributed by atoms with Crippen LogP contribution >= 0.6 is 31.7 Å². The first-order valence-corrected chi connectivity index (χ1v) is 21.8. The second-order valence-corrected chi connectivity index (χ2v) is 17.3. The topological polar surface area (TPSA) is 113 Å². The van der Waals surface area contributed by atoms with Gasteiger partial charge in [0.15, 0.2) is 17.0 Å². The second-order valence-electron chi connectivity index (χ2n) is 14.9. The van der Waals surface area contributed by atoms with Crippen molar-refractivity contribution < 1.29 is 23.3 Å². The molecule has 59 heavy (non-hydrogen) atoms. The number of carbonyl (C=O) groups is 1. The van der Waals surface area contributed by atoms with Crippen molar-refractivity contribution in [2.75, 3.05) is 12.4 Å². The first-order valence-electron chi connectivity index (χ1n) is 19.8. The molecule has 1 N–H and O–H groups in total. The SMILES string of the molecule is COc1ccc(C(O[C@@H]2CC[C@@H](n3cnc4c(NC(=O)c5ccccc5)ncnc43)C[C@@H]2OP(OC(Cl)Cl)N(C(C)C)C(C)C)(c2ccccc2)c2ccccc2)cc1. The fourth-order valence-corrected chi connectivity index (χ4v) is 9.97. The van der Waals surface area contributed by atoms with Gasteiger partial charge >= 0.3 is 0 Å². The summed E-state index contributed by atoms with van der Waals surface area (Å²) in [6.07, 6.45) is 4.06. The van der Waals surface area contributed by atoms with E-state index in [1.165, 1.54) is 6.33 Å². The number of fused-ring (bicyclic) bond motifs is 1. The number of imidazole rings is 1. The van der Waals surface area contributed by atoms with Crippen molar-refractivity contribution in [2.45, 2.75) is 87.9 Å². The van der Waals surface area contributed by atoms with Gasteiger partial charge in [0, 0.05) is 23.7 Å². The highest BCUT2D eigenvalue weighted by molar-refractivity contribution is 7.44. The van der Waals surface area contributed by atoms with Crippen LogP contribution in [-0.2, 0) is 19.4 Å². The molecule has 1 saturated carbocycles. The second kappa shape index (κ2) is 19.3. The van der Waals surface area contributed by atoms with Gasteiger partial charge in [-0.1, -0.05) is 114 Å². The van der Waals surface area contributed by atoms with Crippen LogP contribution in [-0.4, -0.2) is 66.5 Å². The summed E-state index contributed by atoms with van der Waals surface area (Å²) in [5.41, 5.74) is 3.42. The van der Waals surface area contributed by atoms with Gasteiger partial charge in [0.2, 0.25) is 5.02 Å². The third-order valence-corrected chi connectivity index (χ3v) is 13.1. The molecule has 1 fully saturated rings. The van der Waals surface area contributed by atoms with E-state index in [4.69, 9.17) is 46.7 Å². The third-order valence-electron chi connectivity index (χ3n) is 10.6. The Hall–Kier alpha value is -4.45. The summed E-state index contributed by atoms with van der Waals surface area (Å²) in [7, 11) is -0.115. The van der Waals surface area contributed by atoms with Crippen molar-refractivity contribution in [2.24, 2.45) is 0 Å². The molecule has 11 nitrogen and oxygen atoms in total. The molecule has 1 aliphatic carbocycles. The van der Waals surface area contributed by atoms with Crippen LogP contribution in [0.5, 0.6) is 5.75 Å². The van der Waals surface area contributed by atoms with Gasteiger partial charge < -0.3 is 23.9 Å². The van der Waals surface area contributed by atoms with E-state index in [0.29, 0.717) is 41.8 Å². The van der Waals surface area contributed by atoms with Gasteiger partial charge in [0.25, 0.3) is 14.4 Å².